The normalized spacial score (nSPS) is 12.4. The lowest BCUT2D eigenvalue weighted by Crippen LogP contribution is -2.14. The molecule has 1 heterocycles. The molecule has 2 aromatic rings. The molecule has 0 aliphatic rings. The van der Waals surface area contributed by atoms with Gasteiger partial charge in [0.05, 0.1) is 6.04 Å². The largest absolute Gasteiger partial charge is 0.293 e. The van der Waals surface area contributed by atoms with Crippen molar-refractivity contribution in [3.63, 3.8) is 0 Å². The van der Waals surface area contributed by atoms with Crippen molar-refractivity contribution in [2.75, 3.05) is 0 Å². The summed E-state index contributed by atoms with van der Waals surface area (Å²) in [5.41, 5.74) is 1.80. The van der Waals surface area contributed by atoms with Crippen molar-refractivity contribution in [1.29, 1.82) is 0 Å². The smallest absolute Gasteiger partial charge is 0.177 e. The molecule has 1 atom stereocenters. The zero-order chi connectivity index (χ0) is 11.5. The van der Waals surface area contributed by atoms with Crippen LogP contribution < -0.4 is 0 Å². The first-order chi connectivity index (χ1) is 7.70. The second kappa shape index (κ2) is 4.31. The highest BCUT2D eigenvalue weighted by atomic mass is 16.1. The van der Waals surface area contributed by atoms with E-state index in [4.69, 9.17) is 0 Å². The van der Waals surface area contributed by atoms with Gasteiger partial charge in [-0.25, -0.2) is 0 Å². The van der Waals surface area contributed by atoms with Crippen molar-refractivity contribution >= 4 is 5.78 Å². The van der Waals surface area contributed by atoms with Gasteiger partial charge in [0, 0.05) is 13.1 Å². The van der Waals surface area contributed by atoms with Crippen LogP contribution in [0.1, 0.15) is 35.9 Å². The Morgan fingerprint density at radius 2 is 1.94 bits per heavy atom. The van der Waals surface area contributed by atoms with Gasteiger partial charge in [-0.15, -0.1) is 0 Å². The highest BCUT2D eigenvalue weighted by Gasteiger charge is 2.14. The summed E-state index contributed by atoms with van der Waals surface area (Å²) >= 11 is 0. The number of nitrogens with zero attached hydrogens (tertiary/aromatic N) is 2. The lowest BCUT2D eigenvalue weighted by molar-refractivity contribution is 0.100. The number of carbonyl (C=O) groups is 1. The van der Waals surface area contributed by atoms with Crippen LogP contribution in [0.4, 0.5) is 0 Å². The summed E-state index contributed by atoms with van der Waals surface area (Å²) in [6.45, 7) is 3.60. The van der Waals surface area contributed by atoms with E-state index < -0.39 is 0 Å². The monoisotopic (exact) mass is 214 g/mol. The molecule has 3 nitrogen and oxygen atoms in total. The number of rotatable bonds is 3. The first-order valence-corrected chi connectivity index (χ1v) is 5.29. The van der Waals surface area contributed by atoms with Gasteiger partial charge in [0.25, 0.3) is 0 Å². The van der Waals surface area contributed by atoms with Crippen LogP contribution in [0.15, 0.2) is 42.6 Å². The molecule has 0 saturated carbocycles. The number of hydrogen-bond donors (Lipinski definition) is 0. The summed E-state index contributed by atoms with van der Waals surface area (Å²) in [4.78, 5) is 11.4. The van der Waals surface area contributed by atoms with E-state index in [9.17, 15) is 4.79 Å². The Morgan fingerprint density at radius 1 is 1.25 bits per heavy atom. The number of carbonyl (C=O) groups excluding carboxylic acids is 1. The molecule has 0 fully saturated rings. The third kappa shape index (κ3) is 1.89. The average Bonchev–Trinajstić information content (AvgIpc) is 2.78. The lowest BCUT2D eigenvalue weighted by Gasteiger charge is -2.14. The summed E-state index contributed by atoms with van der Waals surface area (Å²) < 4.78 is 1.76. The van der Waals surface area contributed by atoms with Gasteiger partial charge in [0.1, 0.15) is 5.69 Å². The summed E-state index contributed by atoms with van der Waals surface area (Å²) in [6.07, 6.45) is 1.66. The molecule has 0 bridgehead atoms. The second-order valence-corrected chi connectivity index (χ2v) is 3.80. The predicted molar refractivity (Wildman–Crippen MR) is 62.5 cm³/mol. The van der Waals surface area contributed by atoms with Crippen LogP contribution in [0, 0.1) is 0 Å². The summed E-state index contributed by atoms with van der Waals surface area (Å²) in [5, 5.41) is 4.21. The Hall–Kier alpha value is -1.90. The maximum atomic E-state index is 11.4. The molecule has 0 amide bonds. The molecule has 16 heavy (non-hydrogen) atoms. The summed E-state index contributed by atoms with van der Waals surface area (Å²) in [7, 11) is 0. The fourth-order valence-corrected chi connectivity index (χ4v) is 1.77. The van der Waals surface area contributed by atoms with Crippen LogP contribution in [-0.4, -0.2) is 15.6 Å². The van der Waals surface area contributed by atoms with Gasteiger partial charge in [-0.2, -0.15) is 5.10 Å². The molecular formula is C13H14N2O. The maximum Gasteiger partial charge on any atom is 0.177 e. The molecule has 0 radical (unpaired) electrons. The molecule has 0 aliphatic heterocycles. The van der Waals surface area contributed by atoms with Gasteiger partial charge >= 0.3 is 0 Å². The van der Waals surface area contributed by atoms with Gasteiger partial charge in [-0.1, -0.05) is 30.3 Å². The molecule has 3 heteroatoms. The molecular weight excluding hydrogens is 200 g/mol. The van der Waals surface area contributed by atoms with Gasteiger partial charge in [-0.05, 0) is 18.6 Å². The standard InChI is InChI=1S/C13H14N2O/c1-10(12-6-4-3-5-7-12)15-13(11(2)16)8-9-14-15/h3-10H,1-2H3. The van der Waals surface area contributed by atoms with E-state index in [0.29, 0.717) is 5.69 Å². The maximum absolute atomic E-state index is 11.4. The Kier molecular flexibility index (Phi) is 2.86. The second-order valence-electron chi connectivity index (χ2n) is 3.80. The van der Waals surface area contributed by atoms with Crippen LogP contribution in [0.25, 0.3) is 0 Å². The van der Waals surface area contributed by atoms with Gasteiger partial charge in [0.15, 0.2) is 5.78 Å². The molecule has 0 spiro atoms. The Bertz CT molecular complexity index is 488. The van der Waals surface area contributed by atoms with E-state index in [2.05, 4.69) is 5.10 Å². The Morgan fingerprint density at radius 3 is 2.56 bits per heavy atom. The molecule has 0 N–H and O–H groups in total. The van der Waals surface area contributed by atoms with Crippen molar-refractivity contribution in [3.8, 4) is 0 Å². The third-order valence-corrected chi connectivity index (χ3v) is 2.68. The SMILES string of the molecule is CC(=O)c1ccnn1C(C)c1ccccc1. The topological polar surface area (TPSA) is 34.9 Å². The van der Waals surface area contributed by atoms with E-state index >= 15 is 0 Å². The zero-order valence-corrected chi connectivity index (χ0v) is 9.42. The van der Waals surface area contributed by atoms with Crippen LogP contribution >= 0.6 is 0 Å². The number of aromatic nitrogens is 2. The number of benzene rings is 1. The van der Waals surface area contributed by atoms with Crippen molar-refractivity contribution in [1.82, 2.24) is 9.78 Å². The van der Waals surface area contributed by atoms with Gasteiger partial charge in [0.2, 0.25) is 0 Å². The quantitative estimate of drug-likeness (QED) is 0.736. The number of Topliss-reactive ketones (excluding diaryl/α,β-unsaturated/α-hetero) is 1. The highest BCUT2D eigenvalue weighted by Crippen LogP contribution is 2.18. The van der Waals surface area contributed by atoms with E-state index in [0.717, 1.165) is 5.56 Å². The minimum absolute atomic E-state index is 0.0419. The molecule has 1 unspecified atom stereocenters. The van der Waals surface area contributed by atoms with Crippen molar-refractivity contribution in [3.05, 3.63) is 53.9 Å². The fourth-order valence-electron chi connectivity index (χ4n) is 1.77. The Labute approximate surface area is 94.7 Å². The van der Waals surface area contributed by atoms with E-state index in [1.807, 2.05) is 37.3 Å². The van der Waals surface area contributed by atoms with Crippen LogP contribution in [0.3, 0.4) is 0 Å². The zero-order valence-electron chi connectivity index (χ0n) is 9.42. The Balaban J connectivity index is 2.38. The van der Waals surface area contributed by atoms with Crippen LogP contribution in [0.5, 0.6) is 0 Å². The minimum Gasteiger partial charge on any atom is -0.293 e. The number of ketones is 1. The van der Waals surface area contributed by atoms with Gasteiger partial charge < -0.3 is 0 Å². The summed E-state index contributed by atoms with van der Waals surface area (Å²) in [6, 6.07) is 11.9. The lowest BCUT2D eigenvalue weighted by atomic mass is 10.1. The molecule has 2 rings (SSSR count). The molecule has 82 valence electrons. The molecule has 0 aliphatic carbocycles. The van der Waals surface area contributed by atoms with E-state index in [-0.39, 0.29) is 11.8 Å². The summed E-state index contributed by atoms with van der Waals surface area (Å²) in [5.74, 6) is 0.0419. The molecule has 1 aromatic carbocycles. The predicted octanol–water partition coefficient (Wildman–Crippen LogP) is 2.70. The van der Waals surface area contributed by atoms with Crippen molar-refractivity contribution in [2.24, 2.45) is 0 Å². The molecule has 1 aromatic heterocycles. The van der Waals surface area contributed by atoms with Crippen molar-refractivity contribution in [2.45, 2.75) is 19.9 Å². The third-order valence-electron chi connectivity index (χ3n) is 2.68. The first-order valence-electron chi connectivity index (χ1n) is 5.29. The van der Waals surface area contributed by atoms with E-state index in [1.54, 1.807) is 23.9 Å². The van der Waals surface area contributed by atoms with E-state index in [1.165, 1.54) is 0 Å². The number of hydrogen-bond acceptors (Lipinski definition) is 2. The van der Waals surface area contributed by atoms with Crippen molar-refractivity contribution < 1.29 is 4.79 Å². The van der Waals surface area contributed by atoms with Crippen LogP contribution in [-0.2, 0) is 0 Å². The van der Waals surface area contributed by atoms with Crippen LogP contribution in [0.2, 0.25) is 0 Å². The minimum atomic E-state index is 0.0419. The molecule has 0 saturated heterocycles. The average molecular weight is 214 g/mol. The first kappa shape index (κ1) is 10.6. The highest BCUT2D eigenvalue weighted by molar-refractivity contribution is 5.92. The van der Waals surface area contributed by atoms with Gasteiger partial charge in [-0.3, -0.25) is 9.48 Å². The fraction of sp³-hybridized carbons (Fsp3) is 0.231.